The van der Waals surface area contributed by atoms with Gasteiger partial charge in [0.05, 0.1) is 36.5 Å². The third kappa shape index (κ3) is 1.77. The van der Waals surface area contributed by atoms with Crippen molar-refractivity contribution >= 4 is 11.6 Å². The number of likely N-dealkylation sites (N-methyl/N-ethyl adjacent to an activating group) is 1. The number of hydrogen-bond acceptors (Lipinski definition) is 7. The minimum Gasteiger partial charge on any atom is -0.396 e. The van der Waals surface area contributed by atoms with Crippen LogP contribution in [0.3, 0.4) is 0 Å². The second kappa shape index (κ2) is 5.18. The predicted molar refractivity (Wildman–Crippen MR) is 88.9 cm³/mol. The zero-order chi connectivity index (χ0) is 18.1. The first kappa shape index (κ1) is 16.3. The average molecular weight is 343 g/mol. The van der Waals surface area contributed by atoms with Crippen LogP contribution in [0.2, 0.25) is 0 Å². The van der Waals surface area contributed by atoms with Crippen molar-refractivity contribution in [3.8, 4) is 12.3 Å². The summed E-state index contributed by atoms with van der Waals surface area (Å²) in [5.41, 5.74) is 0.559. The molecule has 132 valence electrons. The van der Waals surface area contributed by atoms with Crippen LogP contribution in [0.1, 0.15) is 6.92 Å². The van der Waals surface area contributed by atoms with Gasteiger partial charge < -0.3 is 25.0 Å². The maximum Gasteiger partial charge on any atom is 0.208 e. The van der Waals surface area contributed by atoms with E-state index in [1.807, 2.05) is 4.90 Å². The lowest BCUT2D eigenvalue weighted by molar-refractivity contribution is -0.137. The number of nitrogens with zero attached hydrogens (tertiary/aromatic N) is 2. The summed E-state index contributed by atoms with van der Waals surface area (Å²) in [6.45, 7) is 2.21. The van der Waals surface area contributed by atoms with Gasteiger partial charge in [0.1, 0.15) is 0 Å². The number of rotatable bonds is 4. The Morgan fingerprint density at radius 3 is 2.80 bits per heavy atom. The second-order valence-electron chi connectivity index (χ2n) is 7.01. The maximum absolute atomic E-state index is 13.3. The summed E-state index contributed by atoms with van der Waals surface area (Å²) in [5, 5.41) is 13.4. The Hall–Kier alpha value is -2.14. The summed E-state index contributed by atoms with van der Waals surface area (Å²) in [7, 11) is 3.26. The summed E-state index contributed by atoms with van der Waals surface area (Å²) in [6.07, 6.45) is 5.36. The molecule has 0 aromatic carbocycles. The molecule has 0 bridgehead atoms. The van der Waals surface area contributed by atoms with E-state index in [-0.39, 0.29) is 36.8 Å². The second-order valence-corrected chi connectivity index (χ2v) is 7.01. The van der Waals surface area contributed by atoms with E-state index in [1.54, 1.807) is 26.0 Å². The van der Waals surface area contributed by atoms with Gasteiger partial charge in [0.25, 0.3) is 0 Å². The molecule has 4 unspecified atom stereocenters. The summed E-state index contributed by atoms with van der Waals surface area (Å²) < 4.78 is 5.84. The van der Waals surface area contributed by atoms with Gasteiger partial charge in [-0.1, -0.05) is 5.92 Å². The van der Waals surface area contributed by atoms with Crippen LogP contribution in [0, 0.1) is 18.3 Å². The fraction of sp³-hybridized carbons (Fsp3) is 0.556. The summed E-state index contributed by atoms with van der Waals surface area (Å²) >= 11 is 0. The van der Waals surface area contributed by atoms with Crippen molar-refractivity contribution in [1.82, 2.24) is 15.1 Å². The molecule has 0 saturated carbocycles. The number of terminal acetylenes is 1. The molecule has 7 nitrogen and oxygen atoms in total. The van der Waals surface area contributed by atoms with E-state index in [1.165, 1.54) is 0 Å². The van der Waals surface area contributed by atoms with Crippen LogP contribution in [0.15, 0.2) is 22.5 Å². The molecule has 7 heteroatoms. The molecule has 1 aliphatic carbocycles. The van der Waals surface area contributed by atoms with Crippen molar-refractivity contribution in [1.29, 1.82) is 0 Å². The van der Waals surface area contributed by atoms with E-state index >= 15 is 0 Å². The highest BCUT2D eigenvalue weighted by Crippen LogP contribution is 2.55. The smallest absolute Gasteiger partial charge is 0.208 e. The number of aliphatic hydroxyl groups is 1. The Kier molecular flexibility index (Phi) is 3.38. The third-order valence-corrected chi connectivity index (χ3v) is 5.90. The Balaban J connectivity index is 1.84. The highest BCUT2D eigenvalue weighted by Gasteiger charge is 2.72. The molecule has 2 saturated heterocycles. The largest absolute Gasteiger partial charge is 0.396 e. The molecule has 0 spiro atoms. The zero-order valence-electron chi connectivity index (χ0n) is 14.5. The van der Waals surface area contributed by atoms with Crippen LogP contribution in [-0.2, 0) is 14.3 Å². The summed E-state index contributed by atoms with van der Waals surface area (Å²) in [5.74, 6) is 1.49. The highest BCUT2D eigenvalue weighted by atomic mass is 16.5. The lowest BCUT2D eigenvalue weighted by Crippen LogP contribution is -2.54. The van der Waals surface area contributed by atoms with Gasteiger partial charge in [-0.3, -0.25) is 9.59 Å². The minimum atomic E-state index is -0.879. The van der Waals surface area contributed by atoms with Gasteiger partial charge in [0.2, 0.25) is 11.6 Å². The van der Waals surface area contributed by atoms with E-state index in [0.29, 0.717) is 29.1 Å². The fourth-order valence-electron chi connectivity index (χ4n) is 4.81. The number of ketones is 2. The molecule has 3 heterocycles. The number of carbonyl (C=O) groups excluding carboxylic acids is 2. The van der Waals surface area contributed by atoms with Crippen molar-refractivity contribution in [2.75, 3.05) is 33.9 Å². The van der Waals surface area contributed by atoms with Crippen molar-refractivity contribution < 1.29 is 19.4 Å². The molecule has 25 heavy (non-hydrogen) atoms. The van der Waals surface area contributed by atoms with Gasteiger partial charge >= 0.3 is 0 Å². The van der Waals surface area contributed by atoms with Crippen LogP contribution in [0.25, 0.3) is 0 Å². The number of aliphatic hydroxyl groups excluding tert-OH is 1. The lowest BCUT2D eigenvalue weighted by atomic mass is 9.82. The van der Waals surface area contributed by atoms with Crippen LogP contribution in [-0.4, -0.2) is 78.1 Å². The minimum absolute atomic E-state index is 0.00745. The SMILES string of the molecule is C#CCN(C)C1=C(C)C(=O)C2=C(C1=O)C(CO)C1(OC)C3NC3CN21. The Morgan fingerprint density at radius 2 is 2.20 bits per heavy atom. The third-order valence-electron chi connectivity index (χ3n) is 5.90. The molecule has 0 radical (unpaired) electrons. The van der Waals surface area contributed by atoms with Gasteiger partial charge in [0.15, 0.2) is 5.72 Å². The van der Waals surface area contributed by atoms with Crippen LogP contribution in [0.4, 0.5) is 0 Å². The zero-order valence-corrected chi connectivity index (χ0v) is 14.5. The number of piperazine rings is 1. The van der Waals surface area contributed by atoms with Gasteiger partial charge in [-0.15, -0.1) is 6.42 Å². The molecule has 2 N–H and O–H groups in total. The number of hydrogen-bond donors (Lipinski definition) is 2. The molecular formula is C18H21N3O4. The molecule has 4 atom stereocenters. The molecule has 0 aromatic rings. The topological polar surface area (TPSA) is 92.0 Å². The Labute approximate surface area is 146 Å². The summed E-state index contributed by atoms with van der Waals surface area (Å²) in [6, 6.07) is 0.230. The first-order chi connectivity index (χ1) is 11.9. The molecule has 2 fully saturated rings. The number of nitrogens with one attached hydrogen (secondary N) is 1. The number of carbonyl (C=O) groups is 2. The van der Waals surface area contributed by atoms with Crippen molar-refractivity contribution in [2.45, 2.75) is 24.7 Å². The van der Waals surface area contributed by atoms with E-state index in [4.69, 9.17) is 11.2 Å². The van der Waals surface area contributed by atoms with Gasteiger partial charge in [-0.2, -0.15) is 0 Å². The highest BCUT2D eigenvalue weighted by molar-refractivity contribution is 6.25. The van der Waals surface area contributed by atoms with Gasteiger partial charge in [-0.25, -0.2) is 0 Å². The molecule has 4 rings (SSSR count). The van der Waals surface area contributed by atoms with Crippen molar-refractivity contribution in [3.63, 3.8) is 0 Å². The van der Waals surface area contributed by atoms with Crippen LogP contribution >= 0.6 is 0 Å². The monoisotopic (exact) mass is 343 g/mol. The number of Topliss-reactive ketones (excluding diaryl/α,β-unsaturated/α-hetero) is 2. The predicted octanol–water partition coefficient (Wildman–Crippen LogP) is -1.15. The molecule has 4 aliphatic rings. The maximum atomic E-state index is 13.3. The van der Waals surface area contributed by atoms with Crippen LogP contribution in [0.5, 0.6) is 0 Å². The normalized spacial score (nSPS) is 35.6. The van der Waals surface area contributed by atoms with E-state index in [0.717, 1.165) is 0 Å². The number of fused-ring (bicyclic) bond motifs is 4. The first-order valence-electron chi connectivity index (χ1n) is 8.32. The standard InChI is InChI=1S/C18H21N3O4/c1-5-6-20(3)13-9(2)15(23)14-12(16(13)24)10(8-22)18(25-4)17-11(19-17)7-21(14)18/h1,10-11,17,19,22H,6-8H2,2-4H3. The Morgan fingerprint density at radius 1 is 1.48 bits per heavy atom. The van der Waals surface area contributed by atoms with Gasteiger partial charge in [0, 0.05) is 37.9 Å². The van der Waals surface area contributed by atoms with Crippen molar-refractivity contribution in [2.24, 2.45) is 5.92 Å². The molecular weight excluding hydrogens is 322 g/mol. The number of methoxy groups -OCH3 is 1. The van der Waals surface area contributed by atoms with E-state index < -0.39 is 11.6 Å². The fourth-order valence-corrected chi connectivity index (χ4v) is 4.81. The summed E-state index contributed by atoms with van der Waals surface area (Å²) in [4.78, 5) is 29.9. The Bertz CT molecular complexity index is 793. The molecule has 0 amide bonds. The van der Waals surface area contributed by atoms with E-state index in [2.05, 4.69) is 11.2 Å². The quantitative estimate of drug-likeness (QED) is 0.378. The van der Waals surface area contributed by atoms with E-state index in [9.17, 15) is 14.7 Å². The first-order valence-corrected chi connectivity index (χ1v) is 8.32. The number of allylic oxidation sites excluding steroid dienone is 2. The number of ether oxygens (including phenoxy) is 1. The molecule has 0 aromatic heterocycles. The lowest BCUT2D eigenvalue weighted by Gasteiger charge is -2.39. The van der Waals surface area contributed by atoms with Crippen LogP contribution < -0.4 is 5.32 Å². The van der Waals surface area contributed by atoms with Gasteiger partial charge in [-0.05, 0) is 6.92 Å². The van der Waals surface area contributed by atoms with Crippen molar-refractivity contribution in [3.05, 3.63) is 22.5 Å². The average Bonchev–Trinajstić information content (AvgIpc) is 3.19. The molecule has 3 aliphatic heterocycles.